The minimum atomic E-state index is -1.92. The molecule has 212 valence electrons. The number of hydrogen-bond donors (Lipinski definition) is 0. The summed E-state index contributed by atoms with van der Waals surface area (Å²) in [7, 11) is -1.92. The van der Waals surface area contributed by atoms with Gasteiger partial charge in [-0.05, 0) is 59.9 Å². The summed E-state index contributed by atoms with van der Waals surface area (Å²) in [6.07, 6.45) is 4.48. The summed E-state index contributed by atoms with van der Waals surface area (Å²) in [5, 5.41) is 9.92. The summed E-state index contributed by atoms with van der Waals surface area (Å²) >= 11 is 6.19. The lowest BCUT2D eigenvalue weighted by Gasteiger charge is -2.37. The lowest BCUT2D eigenvalue weighted by Crippen LogP contribution is -2.46. The van der Waals surface area contributed by atoms with E-state index in [0.717, 1.165) is 23.2 Å². The molecule has 0 radical (unpaired) electrons. The molecule has 1 fully saturated rings. The van der Waals surface area contributed by atoms with Gasteiger partial charge in [-0.3, -0.25) is 9.69 Å². The highest BCUT2D eigenvalue weighted by molar-refractivity contribution is 6.74. The van der Waals surface area contributed by atoms with Crippen molar-refractivity contribution < 1.29 is 9.22 Å². The van der Waals surface area contributed by atoms with Gasteiger partial charge in [-0.2, -0.15) is 5.26 Å². The molecule has 9 heteroatoms. The maximum atomic E-state index is 13.7. The summed E-state index contributed by atoms with van der Waals surface area (Å²) in [6.45, 7) is 15.0. The molecule has 1 saturated heterocycles. The molecule has 1 aromatic heterocycles. The standard InChI is InChI=1S/C31H40ClN5O2Si/c1-31(2,3)40(4,5)39-16-15-35(29-13-14-36(30(29)38)21-26-7-6-8-27(32)17-26)22-28-19-34-23-37(28)20-25-11-9-24(18-33)10-12-25/h6-12,17,19,23,29H,13-16,20-22H2,1-5H3/t29-/m0/s1. The summed E-state index contributed by atoms with van der Waals surface area (Å²) in [4.78, 5) is 22.3. The van der Waals surface area contributed by atoms with E-state index in [2.05, 4.69) is 54.4 Å². The van der Waals surface area contributed by atoms with Gasteiger partial charge in [0.05, 0.1) is 29.7 Å². The monoisotopic (exact) mass is 577 g/mol. The van der Waals surface area contributed by atoms with Crippen LogP contribution in [-0.2, 0) is 28.9 Å². The van der Waals surface area contributed by atoms with Gasteiger partial charge in [0.2, 0.25) is 5.91 Å². The molecule has 1 aliphatic rings. The number of amides is 1. The lowest BCUT2D eigenvalue weighted by atomic mass is 10.1. The fourth-order valence-electron chi connectivity index (χ4n) is 4.77. The van der Waals surface area contributed by atoms with E-state index >= 15 is 0 Å². The Bertz CT molecular complexity index is 1340. The molecule has 0 saturated carbocycles. The predicted molar refractivity (Wildman–Crippen MR) is 161 cm³/mol. The van der Waals surface area contributed by atoms with E-state index in [1.807, 2.05) is 66.0 Å². The van der Waals surface area contributed by atoms with Gasteiger partial charge < -0.3 is 13.9 Å². The zero-order valence-corrected chi connectivity index (χ0v) is 26.0. The smallest absolute Gasteiger partial charge is 0.240 e. The Labute approximate surface area is 244 Å². The number of benzene rings is 2. The van der Waals surface area contributed by atoms with Crippen molar-refractivity contribution in [1.82, 2.24) is 19.4 Å². The van der Waals surface area contributed by atoms with Gasteiger partial charge in [0, 0.05) is 50.6 Å². The van der Waals surface area contributed by atoms with Gasteiger partial charge >= 0.3 is 0 Å². The molecule has 40 heavy (non-hydrogen) atoms. The first-order valence-electron chi connectivity index (χ1n) is 13.9. The third-order valence-corrected chi connectivity index (χ3v) is 13.0. The van der Waals surface area contributed by atoms with Crippen molar-refractivity contribution in [3.63, 3.8) is 0 Å². The van der Waals surface area contributed by atoms with Crippen LogP contribution in [0.5, 0.6) is 0 Å². The van der Waals surface area contributed by atoms with E-state index in [-0.39, 0.29) is 17.0 Å². The zero-order chi connectivity index (χ0) is 28.9. The summed E-state index contributed by atoms with van der Waals surface area (Å²) in [5.41, 5.74) is 3.81. The van der Waals surface area contributed by atoms with Crippen molar-refractivity contribution in [2.24, 2.45) is 0 Å². The number of likely N-dealkylation sites (tertiary alicyclic amines) is 1. The third kappa shape index (κ3) is 7.41. The van der Waals surface area contributed by atoms with Crippen LogP contribution in [0.2, 0.25) is 23.2 Å². The normalized spacial score (nSPS) is 16.1. The predicted octanol–water partition coefficient (Wildman–Crippen LogP) is 6.08. The second-order valence-electron chi connectivity index (χ2n) is 12.1. The molecule has 1 amide bonds. The Hall–Kier alpha value is -2.96. The van der Waals surface area contributed by atoms with Gasteiger partial charge in [-0.25, -0.2) is 4.98 Å². The number of halogens is 1. The highest BCUT2D eigenvalue weighted by Gasteiger charge is 2.39. The van der Waals surface area contributed by atoms with Crippen LogP contribution < -0.4 is 0 Å². The van der Waals surface area contributed by atoms with E-state index in [0.29, 0.717) is 49.9 Å². The second kappa shape index (κ2) is 12.7. The Kier molecular flexibility index (Phi) is 9.52. The Morgan fingerprint density at radius 2 is 1.90 bits per heavy atom. The number of nitrogens with zero attached hydrogens (tertiary/aromatic N) is 5. The van der Waals surface area contributed by atoms with Crippen LogP contribution in [0.15, 0.2) is 61.1 Å². The van der Waals surface area contributed by atoms with Gasteiger partial charge in [0.15, 0.2) is 8.32 Å². The fraction of sp³-hybridized carbons (Fsp3) is 0.452. The van der Waals surface area contributed by atoms with Crippen molar-refractivity contribution in [2.45, 2.75) is 71.0 Å². The Morgan fingerprint density at radius 3 is 2.58 bits per heavy atom. The van der Waals surface area contributed by atoms with Gasteiger partial charge in [-0.1, -0.05) is 56.6 Å². The van der Waals surface area contributed by atoms with Crippen molar-refractivity contribution in [2.75, 3.05) is 19.7 Å². The third-order valence-electron chi connectivity index (χ3n) is 8.22. The second-order valence-corrected chi connectivity index (χ2v) is 17.3. The fourth-order valence-corrected chi connectivity index (χ4v) is 6.01. The van der Waals surface area contributed by atoms with Gasteiger partial charge in [-0.15, -0.1) is 0 Å². The number of aromatic nitrogens is 2. The molecule has 3 aromatic rings. The van der Waals surface area contributed by atoms with Crippen molar-refractivity contribution in [3.8, 4) is 6.07 Å². The van der Waals surface area contributed by atoms with Crippen LogP contribution >= 0.6 is 11.6 Å². The molecule has 0 spiro atoms. The first-order chi connectivity index (χ1) is 19.0. The van der Waals surface area contributed by atoms with E-state index in [1.54, 1.807) is 0 Å². The topological polar surface area (TPSA) is 74.4 Å². The number of carbonyl (C=O) groups is 1. The molecule has 0 N–H and O–H groups in total. The molecule has 2 aromatic carbocycles. The summed E-state index contributed by atoms with van der Waals surface area (Å²) in [6, 6.07) is 17.3. The van der Waals surface area contributed by atoms with Crippen molar-refractivity contribution >= 4 is 25.8 Å². The molecule has 1 atom stereocenters. The first-order valence-corrected chi connectivity index (χ1v) is 17.1. The summed E-state index contributed by atoms with van der Waals surface area (Å²) in [5.74, 6) is 0.144. The summed E-state index contributed by atoms with van der Waals surface area (Å²) < 4.78 is 8.65. The maximum absolute atomic E-state index is 13.7. The quantitative estimate of drug-likeness (QED) is 0.258. The van der Waals surface area contributed by atoms with Crippen LogP contribution in [0.25, 0.3) is 0 Å². The largest absolute Gasteiger partial charge is 0.416 e. The van der Waals surface area contributed by atoms with Crippen molar-refractivity contribution in [3.05, 3.63) is 88.5 Å². The molecule has 1 aliphatic heterocycles. The lowest BCUT2D eigenvalue weighted by molar-refractivity contribution is -0.133. The molecule has 0 aliphatic carbocycles. The minimum absolute atomic E-state index is 0.120. The van der Waals surface area contributed by atoms with Crippen LogP contribution in [0.4, 0.5) is 0 Å². The Balaban J connectivity index is 1.50. The maximum Gasteiger partial charge on any atom is 0.240 e. The van der Waals surface area contributed by atoms with Crippen LogP contribution in [-0.4, -0.2) is 59.3 Å². The first kappa shape index (κ1) is 30.0. The minimum Gasteiger partial charge on any atom is -0.416 e. The highest BCUT2D eigenvalue weighted by Crippen LogP contribution is 2.36. The number of imidazole rings is 1. The van der Waals surface area contributed by atoms with Crippen molar-refractivity contribution in [1.29, 1.82) is 5.26 Å². The van der Waals surface area contributed by atoms with Crippen LogP contribution in [0.3, 0.4) is 0 Å². The molecule has 2 heterocycles. The zero-order valence-electron chi connectivity index (χ0n) is 24.2. The Morgan fingerprint density at radius 1 is 1.15 bits per heavy atom. The van der Waals surface area contributed by atoms with E-state index in [4.69, 9.17) is 21.3 Å². The molecule has 4 rings (SSSR count). The number of hydrogen-bond acceptors (Lipinski definition) is 5. The van der Waals surface area contributed by atoms with Gasteiger partial charge in [0.1, 0.15) is 0 Å². The molecule has 7 nitrogen and oxygen atoms in total. The van der Waals surface area contributed by atoms with Gasteiger partial charge in [0.25, 0.3) is 0 Å². The molecule has 0 bridgehead atoms. The average molecular weight is 578 g/mol. The number of nitriles is 1. The average Bonchev–Trinajstić information content (AvgIpc) is 3.49. The van der Waals surface area contributed by atoms with E-state index in [1.165, 1.54) is 0 Å². The van der Waals surface area contributed by atoms with E-state index < -0.39 is 8.32 Å². The highest BCUT2D eigenvalue weighted by atomic mass is 35.5. The van der Waals surface area contributed by atoms with E-state index in [9.17, 15) is 4.79 Å². The van der Waals surface area contributed by atoms with Crippen LogP contribution in [0, 0.1) is 11.3 Å². The molecule has 0 unspecified atom stereocenters. The van der Waals surface area contributed by atoms with Crippen LogP contribution in [0.1, 0.15) is 49.6 Å². The molecular weight excluding hydrogens is 538 g/mol. The SMILES string of the molecule is CC(C)(C)[Si](C)(C)OCCN(Cc1cncn1Cc1ccc(C#N)cc1)[C@H]1CCN(Cc2cccc(Cl)c2)C1=O. The number of carbonyl (C=O) groups excluding carboxylic acids is 1. The molecular formula is C31H40ClN5O2Si. The number of rotatable bonds is 11.